The highest BCUT2D eigenvalue weighted by molar-refractivity contribution is 9.10. The van der Waals surface area contributed by atoms with E-state index in [9.17, 15) is 9.18 Å². The summed E-state index contributed by atoms with van der Waals surface area (Å²) in [5.41, 5.74) is 0. The van der Waals surface area contributed by atoms with Crippen molar-refractivity contribution in [2.45, 2.75) is 36.8 Å². The van der Waals surface area contributed by atoms with Gasteiger partial charge in [-0.1, -0.05) is 35.5 Å². The number of hydrogen-bond acceptors (Lipinski definition) is 3. The number of carbonyl (C=O) groups is 1. The molecule has 1 heterocycles. The topological polar surface area (TPSA) is 35.5 Å². The van der Waals surface area contributed by atoms with E-state index in [0.29, 0.717) is 26.1 Å². The summed E-state index contributed by atoms with van der Waals surface area (Å²) in [7, 11) is 0. The molecule has 2 fully saturated rings. The molecule has 3 unspecified atom stereocenters. The molecule has 0 aromatic carbocycles. The zero-order valence-electron chi connectivity index (χ0n) is 11.6. The first-order valence-corrected chi connectivity index (χ1v) is 7.87. The van der Waals surface area contributed by atoms with Crippen LogP contribution in [0.15, 0.2) is 24.6 Å². The second-order valence-electron chi connectivity index (χ2n) is 5.37. The summed E-state index contributed by atoms with van der Waals surface area (Å²) in [6.45, 7) is 6.33. The van der Waals surface area contributed by atoms with Crippen LogP contribution in [0.5, 0.6) is 0 Å². The average Bonchev–Trinajstić information content (AvgIpc) is 2.83. The van der Waals surface area contributed by atoms with E-state index in [1.165, 1.54) is 6.08 Å². The molecular weight excluding hydrogens is 327 g/mol. The van der Waals surface area contributed by atoms with Gasteiger partial charge in [-0.25, -0.2) is 4.39 Å². The van der Waals surface area contributed by atoms with Crippen molar-refractivity contribution in [1.82, 2.24) is 0 Å². The third kappa shape index (κ3) is 3.38. The molecule has 1 saturated heterocycles. The van der Waals surface area contributed by atoms with Crippen molar-refractivity contribution in [1.29, 1.82) is 0 Å². The molecule has 3 nitrogen and oxygen atoms in total. The van der Waals surface area contributed by atoms with Crippen LogP contribution in [0.2, 0.25) is 0 Å². The second kappa shape index (κ2) is 6.50. The SMILES string of the molecule is C=C(F)C=CC(CC)C1CC2(CC(Br)C1=O)OCCO2. The molecule has 1 spiro atoms. The maximum atomic E-state index is 12.8. The molecular formula is C15H20BrFO3. The number of carbonyl (C=O) groups excluding carboxylic acids is 1. The fourth-order valence-corrected chi connectivity index (χ4v) is 3.84. The third-order valence-electron chi connectivity index (χ3n) is 4.02. The molecule has 1 saturated carbocycles. The highest BCUT2D eigenvalue weighted by atomic mass is 79.9. The third-order valence-corrected chi connectivity index (χ3v) is 4.80. The molecule has 0 bridgehead atoms. The van der Waals surface area contributed by atoms with Gasteiger partial charge in [0.2, 0.25) is 0 Å². The van der Waals surface area contributed by atoms with E-state index in [-0.39, 0.29) is 22.4 Å². The van der Waals surface area contributed by atoms with Crippen LogP contribution in [-0.2, 0) is 14.3 Å². The molecule has 0 radical (unpaired) electrons. The summed E-state index contributed by atoms with van der Waals surface area (Å²) in [5.74, 6) is -1.24. The van der Waals surface area contributed by atoms with E-state index < -0.39 is 11.6 Å². The molecule has 0 amide bonds. The zero-order chi connectivity index (χ0) is 14.8. The van der Waals surface area contributed by atoms with Gasteiger partial charge in [0.1, 0.15) is 5.83 Å². The highest BCUT2D eigenvalue weighted by Crippen LogP contribution is 2.43. The van der Waals surface area contributed by atoms with Gasteiger partial charge in [0.25, 0.3) is 0 Å². The number of ether oxygens (including phenoxy) is 2. The van der Waals surface area contributed by atoms with Crippen LogP contribution in [0.4, 0.5) is 4.39 Å². The number of ketones is 1. The maximum absolute atomic E-state index is 12.8. The van der Waals surface area contributed by atoms with E-state index in [1.54, 1.807) is 6.08 Å². The second-order valence-corrected chi connectivity index (χ2v) is 6.48. The van der Waals surface area contributed by atoms with E-state index in [2.05, 4.69) is 22.5 Å². The maximum Gasteiger partial charge on any atom is 0.170 e. The minimum Gasteiger partial charge on any atom is -0.347 e. The van der Waals surface area contributed by atoms with Crippen molar-refractivity contribution in [3.05, 3.63) is 24.6 Å². The normalized spacial score (nSPS) is 31.1. The molecule has 3 atom stereocenters. The quantitative estimate of drug-likeness (QED) is 0.576. The van der Waals surface area contributed by atoms with Gasteiger partial charge in [-0.15, -0.1) is 0 Å². The van der Waals surface area contributed by atoms with Gasteiger partial charge < -0.3 is 9.47 Å². The van der Waals surface area contributed by atoms with Crippen molar-refractivity contribution in [3.63, 3.8) is 0 Å². The molecule has 0 aromatic heterocycles. The average molecular weight is 347 g/mol. The fraction of sp³-hybridized carbons (Fsp3) is 0.667. The molecule has 20 heavy (non-hydrogen) atoms. The smallest absolute Gasteiger partial charge is 0.170 e. The number of allylic oxidation sites excluding steroid dienone is 3. The lowest BCUT2D eigenvalue weighted by Crippen LogP contribution is -2.48. The monoisotopic (exact) mass is 346 g/mol. The number of Topliss-reactive ketones (excluding diaryl/α,β-unsaturated/α-hetero) is 1. The molecule has 1 aliphatic carbocycles. The highest BCUT2D eigenvalue weighted by Gasteiger charge is 2.49. The first kappa shape index (κ1) is 15.9. The van der Waals surface area contributed by atoms with Gasteiger partial charge in [-0.05, 0) is 18.4 Å². The van der Waals surface area contributed by atoms with Gasteiger partial charge in [0.05, 0.1) is 18.0 Å². The summed E-state index contributed by atoms with van der Waals surface area (Å²) in [4.78, 5) is 12.1. The molecule has 5 heteroatoms. The summed E-state index contributed by atoms with van der Waals surface area (Å²) in [5, 5.41) is 0. The number of hydrogen-bond donors (Lipinski definition) is 0. The Morgan fingerprint density at radius 3 is 2.75 bits per heavy atom. The summed E-state index contributed by atoms with van der Waals surface area (Å²) >= 11 is 3.43. The minimum atomic E-state index is -0.652. The largest absolute Gasteiger partial charge is 0.347 e. The van der Waals surface area contributed by atoms with Gasteiger partial charge in [0, 0.05) is 18.8 Å². The molecule has 2 aliphatic rings. The van der Waals surface area contributed by atoms with Gasteiger partial charge in [-0.3, -0.25) is 4.79 Å². The molecule has 0 aromatic rings. The van der Waals surface area contributed by atoms with Crippen LogP contribution in [0, 0.1) is 11.8 Å². The van der Waals surface area contributed by atoms with Crippen molar-refractivity contribution in [2.24, 2.45) is 11.8 Å². The van der Waals surface area contributed by atoms with Crippen LogP contribution >= 0.6 is 15.9 Å². The van der Waals surface area contributed by atoms with E-state index in [0.717, 1.165) is 6.42 Å². The standard InChI is InChI=1S/C15H20BrFO3/c1-3-11(5-4-10(2)17)12-8-15(19-6-7-20-15)9-13(16)14(12)18/h4-5,11-13H,2-3,6-9H2,1H3. The minimum absolute atomic E-state index is 0.0278. The van der Waals surface area contributed by atoms with Gasteiger partial charge in [-0.2, -0.15) is 0 Å². The first-order valence-electron chi connectivity index (χ1n) is 6.96. The van der Waals surface area contributed by atoms with Crippen LogP contribution in [-0.4, -0.2) is 29.6 Å². The van der Waals surface area contributed by atoms with Crippen molar-refractivity contribution < 1.29 is 18.7 Å². The molecule has 0 N–H and O–H groups in total. The molecule has 2 rings (SSSR count). The van der Waals surface area contributed by atoms with Crippen LogP contribution in [0.1, 0.15) is 26.2 Å². The Labute approximate surface area is 127 Å². The molecule has 1 aliphatic heterocycles. The lowest BCUT2D eigenvalue weighted by atomic mass is 9.75. The Morgan fingerprint density at radius 2 is 2.20 bits per heavy atom. The lowest BCUT2D eigenvalue weighted by Gasteiger charge is -2.40. The fourth-order valence-electron chi connectivity index (χ4n) is 3.00. The number of halogens is 2. The Balaban J connectivity index is 2.18. The Hall–Kier alpha value is -0.520. The van der Waals surface area contributed by atoms with E-state index >= 15 is 0 Å². The Kier molecular flexibility index (Phi) is 5.15. The van der Waals surface area contributed by atoms with Crippen molar-refractivity contribution >= 4 is 21.7 Å². The number of rotatable bonds is 4. The van der Waals surface area contributed by atoms with Crippen LogP contribution < -0.4 is 0 Å². The van der Waals surface area contributed by atoms with Gasteiger partial charge in [0.15, 0.2) is 11.6 Å². The summed E-state index contributed by atoms with van der Waals surface area (Å²) in [6.07, 6.45) is 4.91. The zero-order valence-corrected chi connectivity index (χ0v) is 13.2. The summed E-state index contributed by atoms with van der Waals surface area (Å²) in [6, 6.07) is 0. The predicted molar refractivity (Wildman–Crippen MR) is 78.3 cm³/mol. The Bertz CT molecular complexity index is 415. The summed E-state index contributed by atoms with van der Waals surface area (Å²) < 4.78 is 24.3. The predicted octanol–water partition coefficient (Wildman–Crippen LogP) is 3.54. The van der Waals surface area contributed by atoms with E-state index in [1.807, 2.05) is 6.92 Å². The van der Waals surface area contributed by atoms with Crippen LogP contribution in [0.3, 0.4) is 0 Å². The van der Waals surface area contributed by atoms with E-state index in [4.69, 9.17) is 9.47 Å². The first-order chi connectivity index (χ1) is 9.47. The van der Waals surface area contributed by atoms with Crippen molar-refractivity contribution in [2.75, 3.05) is 13.2 Å². The van der Waals surface area contributed by atoms with Crippen molar-refractivity contribution in [3.8, 4) is 0 Å². The lowest BCUT2D eigenvalue weighted by molar-refractivity contribution is -0.190. The number of alkyl halides is 1. The molecule has 112 valence electrons. The van der Waals surface area contributed by atoms with Gasteiger partial charge >= 0.3 is 0 Å². The van der Waals surface area contributed by atoms with Crippen LogP contribution in [0.25, 0.3) is 0 Å². The Morgan fingerprint density at radius 1 is 1.55 bits per heavy atom.